The number of fused-ring (bicyclic) bond motifs is 1. The molecule has 0 radical (unpaired) electrons. The Morgan fingerprint density at radius 3 is 2.40 bits per heavy atom. The van der Waals surface area contributed by atoms with Gasteiger partial charge in [0.05, 0.1) is 34.0 Å². The average Bonchev–Trinajstić information content (AvgIpc) is 3.18. The van der Waals surface area contributed by atoms with E-state index in [9.17, 15) is 0 Å². The molecule has 0 aliphatic carbocycles. The van der Waals surface area contributed by atoms with Crippen LogP contribution in [0, 0.1) is 0 Å². The number of rotatable bonds is 9. The summed E-state index contributed by atoms with van der Waals surface area (Å²) in [5, 5.41) is 4.10. The van der Waals surface area contributed by atoms with Crippen LogP contribution in [0.15, 0.2) is 41.4 Å². The molecule has 0 saturated heterocycles. The van der Waals surface area contributed by atoms with Gasteiger partial charge in [-0.2, -0.15) is 0 Å². The van der Waals surface area contributed by atoms with Crippen molar-refractivity contribution in [1.29, 1.82) is 0 Å². The summed E-state index contributed by atoms with van der Waals surface area (Å²) in [6.07, 6.45) is 1.69. The van der Waals surface area contributed by atoms with Gasteiger partial charge >= 0.3 is 0 Å². The number of methoxy groups -OCH3 is 4. The van der Waals surface area contributed by atoms with Gasteiger partial charge in [0.2, 0.25) is 0 Å². The summed E-state index contributed by atoms with van der Waals surface area (Å²) in [6, 6.07) is 11.4. The van der Waals surface area contributed by atoms with Gasteiger partial charge in [0.15, 0.2) is 17.5 Å². The van der Waals surface area contributed by atoms with E-state index in [1.807, 2.05) is 30.3 Å². The number of hydrogen-bond acceptors (Lipinski definition) is 5. The van der Waals surface area contributed by atoms with E-state index >= 15 is 0 Å². The Bertz CT molecular complexity index is 1030. The molecule has 0 spiro atoms. The summed E-state index contributed by atoms with van der Waals surface area (Å²) < 4.78 is 21.3. The first-order valence-electron chi connectivity index (χ1n) is 9.60. The largest absolute Gasteiger partial charge is 0.497 e. The number of aryl methyl sites for hydroxylation is 1. The lowest BCUT2D eigenvalue weighted by molar-refractivity contribution is 0.355. The number of H-pyrrole nitrogens is 1. The molecule has 1 heterocycles. The lowest BCUT2D eigenvalue weighted by Gasteiger charge is -2.10. The quantitative estimate of drug-likeness (QED) is 0.282. The van der Waals surface area contributed by atoms with Crippen LogP contribution in [0.25, 0.3) is 10.9 Å². The molecule has 8 nitrogen and oxygen atoms in total. The number of nitrogens with one attached hydrogen (secondary N) is 2. The number of nitrogens with two attached hydrogens (primary N) is 1. The molecule has 0 fully saturated rings. The summed E-state index contributed by atoms with van der Waals surface area (Å²) in [4.78, 5) is 7.82. The Morgan fingerprint density at radius 1 is 0.933 bits per heavy atom. The third-order valence-corrected chi connectivity index (χ3v) is 4.73. The molecule has 4 N–H and O–H groups in total. The Morgan fingerprint density at radius 2 is 1.70 bits per heavy atom. The van der Waals surface area contributed by atoms with Crippen molar-refractivity contribution in [1.82, 2.24) is 4.98 Å². The number of nitrogens with zero attached hydrogens (tertiary/aromatic N) is 1. The number of aromatic nitrogens is 1. The van der Waals surface area contributed by atoms with Crippen LogP contribution in [0.1, 0.15) is 12.1 Å². The van der Waals surface area contributed by atoms with E-state index in [-0.39, 0.29) is 0 Å². The minimum absolute atomic E-state index is 0.352. The van der Waals surface area contributed by atoms with Crippen LogP contribution in [0.5, 0.6) is 23.0 Å². The zero-order valence-corrected chi connectivity index (χ0v) is 17.7. The van der Waals surface area contributed by atoms with E-state index in [1.54, 1.807) is 28.4 Å². The fraction of sp³-hybridized carbons (Fsp3) is 0.318. The predicted molar refractivity (Wildman–Crippen MR) is 119 cm³/mol. The van der Waals surface area contributed by atoms with Gasteiger partial charge in [-0.05, 0) is 31.0 Å². The van der Waals surface area contributed by atoms with Crippen LogP contribution in [-0.2, 0) is 6.42 Å². The summed E-state index contributed by atoms with van der Waals surface area (Å²) >= 11 is 0. The number of aliphatic imine (C=N–C) groups is 1. The van der Waals surface area contributed by atoms with Crippen molar-refractivity contribution in [3.05, 3.63) is 42.1 Å². The topological polar surface area (TPSA) is 103 Å². The normalized spacial score (nSPS) is 11.4. The lowest BCUT2D eigenvalue weighted by atomic mass is 10.2. The highest BCUT2D eigenvalue weighted by Gasteiger charge is 2.09. The average molecular weight is 412 g/mol. The standard InChI is InChI=1S/C22H28N4O4/c1-27-16-12-18-17(20(13-16)29-3)10-14(25-18)6-5-9-24-22(23)26-15-7-8-19(28-2)21(11-15)30-4/h7-8,10-13,25H,5-6,9H2,1-4H3,(H3,23,24,26). The van der Waals surface area contributed by atoms with E-state index < -0.39 is 0 Å². The molecule has 0 unspecified atom stereocenters. The summed E-state index contributed by atoms with van der Waals surface area (Å²) in [5.74, 6) is 3.18. The molecular formula is C22H28N4O4. The van der Waals surface area contributed by atoms with Gasteiger partial charge in [0, 0.05) is 41.5 Å². The van der Waals surface area contributed by atoms with Crippen molar-refractivity contribution in [3.8, 4) is 23.0 Å². The minimum Gasteiger partial charge on any atom is -0.497 e. The maximum atomic E-state index is 6.01. The van der Waals surface area contributed by atoms with Crippen molar-refractivity contribution >= 4 is 22.5 Å². The van der Waals surface area contributed by atoms with E-state index in [2.05, 4.69) is 21.4 Å². The second-order valence-electron chi connectivity index (χ2n) is 6.65. The second-order valence-corrected chi connectivity index (χ2v) is 6.65. The molecule has 0 aliphatic rings. The maximum Gasteiger partial charge on any atom is 0.193 e. The molecule has 0 atom stereocenters. The first-order chi connectivity index (χ1) is 14.6. The van der Waals surface area contributed by atoms with Crippen LogP contribution in [0.4, 0.5) is 5.69 Å². The third-order valence-electron chi connectivity index (χ3n) is 4.73. The third kappa shape index (κ3) is 4.89. The Kier molecular flexibility index (Phi) is 6.90. The van der Waals surface area contributed by atoms with E-state index in [1.165, 1.54) is 0 Å². The van der Waals surface area contributed by atoms with Crippen LogP contribution >= 0.6 is 0 Å². The van der Waals surface area contributed by atoms with Gasteiger partial charge in [-0.1, -0.05) is 0 Å². The zero-order valence-electron chi connectivity index (χ0n) is 17.7. The number of benzene rings is 2. The van der Waals surface area contributed by atoms with Gasteiger partial charge < -0.3 is 35.0 Å². The molecule has 0 saturated carbocycles. The number of anilines is 1. The van der Waals surface area contributed by atoms with Gasteiger partial charge in [-0.3, -0.25) is 4.99 Å². The predicted octanol–water partition coefficient (Wildman–Crippen LogP) is 3.56. The van der Waals surface area contributed by atoms with E-state index in [0.29, 0.717) is 24.0 Å². The fourth-order valence-electron chi connectivity index (χ4n) is 3.23. The van der Waals surface area contributed by atoms with Crippen molar-refractivity contribution < 1.29 is 18.9 Å². The van der Waals surface area contributed by atoms with Gasteiger partial charge in [0.1, 0.15) is 11.5 Å². The van der Waals surface area contributed by atoms with Crippen LogP contribution in [0.2, 0.25) is 0 Å². The summed E-state index contributed by atoms with van der Waals surface area (Å²) in [6.45, 7) is 0.599. The van der Waals surface area contributed by atoms with Crippen LogP contribution in [0.3, 0.4) is 0 Å². The molecule has 1 aromatic heterocycles. The SMILES string of the molecule is COc1cc(OC)c2cc(CCCN=C(N)Nc3ccc(OC)c(OC)c3)[nH]c2c1. The molecule has 0 bridgehead atoms. The highest BCUT2D eigenvalue weighted by Crippen LogP contribution is 2.32. The van der Waals surface area contributed by atoms with Gasteiger partial charge in [-0.25, -0.2) is 0 Å². The van der Waals surface area contributed by atoms with Crippen molar-refractivity contribution in [2.24, 2.45) is 10.7 Å². The Balaban J connectivity index is 1.58. The highest BCUT2D eigenvalue weighted by molar-refractivity contribution is 5.92. The smallest absolute Gasteiger partial charge is 0.193 e. The van der Waals surface area contributed by atoms with Crippen LogP contribution in [-0.4, -0.2) is 45.9 Å². The molecule has 0 aliphatic heterocycles. The molecule has 3 aromatic rings. The number of aromatic amines is 1. The summed E-state index contributed by atoms with van der Waals surface area (Å²) in [5.41, 5.74) is 8.88. The molecular weight excluding hydrogens is 384 g/mol. The number of hydrogen-bond donors (Lipinski definition) is 3. The van der Waals surface area contributed by atoms with Gasteiger partial charge in [-0.15, -0.1) is 0 Å². The van der Waals surface area contributed by atoms with Gasteiger partial charge in [0.25, 0.3) is 0 Å². The fourth-order valence-corrected chi connectivity index (χ4v) is 3.23. The number of ether oxygens (including phenoxy) is 4. The highest BCUT2D eigenvalue weighted by atomic mass is 16.5. The van der Waals surface area contributed by atoms with Crippen molar-refractivity contribution in [3.63, 3.8) is 0 Å². The number of guanidine groups is 1. The van der Waals surface area contributed by atoms with E-state index in [4.69, 9.17) is 24.7 Å². The monoisotopic (exact) mass is 412 g/mol. The molecule has 2 aromatic carbocycles. The minimum atomic E-state index is 0.352. The van der Waals surface area contributed by atoms with Crippen molar-refractivity contribution in [2.75, 3.05) is 40.3 Å². The first kappa shape index (κ1) is 21.2. The zero-order chi connectivity index (χ0) is 21.5. The first-order valence-corrected chi connectivity index (χ1v) is 9.60. The van der Waals surface area contributed by atoms with E-state index in [0.717, 1.165) is 46.6 Å². The molecule has 160 valence electrons. The summed E-state index contributed by atoms with van der Waals surface area (Å²) in [7, 11) is 6.49. The molecule has 3 rings (SSSR count). The van der Waals surface area contributed by atoms with Crippen LogP contribution < -0.4 is 30.0 Å². The molecule has 30 heavy (non-hydrogen) atoms. The maximum absolute atomic E-state index is 6.01. The Labute approximate surface area is 176 Å². The molecule has 8 heteroatoms. The van der Waals surface area contributed by atoms with Crippen molar-refractivity contribution in [2.45, 2.75) is 12.8 Å². The second kappa shape index (κ2) is 9.78. The molecule has 0 amide bonds. The Hall–Kier alpha value is -3.55. The lowest BCUT2D eigenvalue weighted by Crippen LogP contribution is -2.22.